The molecule has 1 N–H and O–H groups in total. The summed E-state index contributed by atoms with van der Waals surface area (Å²) in [6.07, 6.45) is 13.8. The van der Waals surface area contributed by atoms with Crippen LogP contribution in [-0.4, -0.2) is 78.8 Å². The highest BCUT2D eigenvalue weighted by atomic mass is 15.4. The first-order valence-electron chi connectivity index (χ1n) is 15.0. The number of aliphatic imine (C=N–C) groups is 1. The minimum atomic E-state index is 0.247. The Kier molecular flexibility index (Phi) is 10.3. The van der Waals surface area contributed by atoms with Gasteiger partial charge in [0.05, 0.1) is 6.04 Å². The number of nitrogens with one attached hydrogen (secondary N) is 1. The van der Waals surface area contributed by atoms with Crippen LogP contribution in [0.15, 0.2) is 83.5 Å². The molecule has 0 aromatic heterocycles. The van der Waals surface area contributed by atoms with Crippen molar-refractivity contribution in [1.82, 2.24) is 24.9 Å². The molecule has 39 heavy (non-hydrogen) atoms. The monoisotopic (exact) mass is 530 g/mol. The van der Waals surface area contributed by atoms with E-state index in [-0.39, 0.29) is 12.1 Å². The van der Waals surface area contributed by atoms with E-state index in [4.69, 9.17) is 4.99 Å². The first-order valence-corrected chi connectivity index (χ1v) is 15.0. The van der Waals surface area contributed by atoms with E-state index in [9.17, 15) is 0 Å². The molecule has 6 heteroatoms. The van der Waals surface area contributed by atoms with Crippen LogP contribution in [0.4, 0.5) is 0 Å². The lowest BCUT2D eigenvalue weighted by atomic mass is 9.93. The van der Waals surface area contributed by atoms with Crippen LogP contribution >= 0.6 is 0 Å². The van der Waals surface area contributed by atoms with Gasteiger partial charge in [0.15, 0.2) is 0 Å². The van der Waals surface area contributed by atoms with Gasteiger partial charge in [-0.25, -0.2) is 4.99 Å². The zero-order chi connectivity index (χ0) is 27.8. The second-order valence-electron chi connectivity index (χ2n) is 11.3. The summed E-state index contributed by atoms with van der Waals surface area (Å²) in [6, 6.07) is 11.2. The maximum absolute atomic E-state index is 5.18. The number of hydrogen-bond acceptors (Lipinski definition) is 6. The van der Waals surface area contributed by atoms with Gasteiger partial charge in [0, 0.05) is 64.5 Å². The standard InChI is InChI=1S/C33H50N6/c1-7-8-19-36(5)33-25-32(38-20-14-15-21-38)35-31(37(33)6)23-26(2)30-18-12-13-22-39(30)27(3)24-29(34-4)28-16-10-9-11-17-28/h9-11,16-17,23,25,29-30,34H,2-3,7-8,12-15,18-22,24H2,1,4-6H3/b31-23-. The van der Waals surface area contributed by atoms with Crippen LogP contribution in [-0.2, 0) is 0 Å². The average molecular weight is 531 g/mol. The van der Waals surface area contributed by atoms with E-state index >= 15 is 0 Å². The Balaban J connectivity index is 1.55. The summed E-state index contributed by atoms with van der Waals surface area (Å²) >= 11 is 0. The summed E-state index contributed by atoms with van der Waals surface area (Å²) < 4.78 is 0. The Labute approximate surface area is 237 Å². The van der Waals surface area contributed by atoms with Crippen molar-refractivity contribution in [3.63, 3.8) is 0 Å². The number of amidine groups is 1. The minimum Gasteiger partial charge on any atom is -0.368 e. The summed E-state index contributed by atoms with van der Waals surface area (Å²) in [6.45, 7) is 15.7. The fourth-order valence-electron chi connectivity index (χ4n) is 6.05. The number of nitrogens with zero attached hydrogens (tertiary/aromatic N) is 5. The van der Waals surface area contributed by atoms with Crippen LogP contribution in [0.25, 0.3) is 0 Å². The van der Waals surface area contributed by atoms with E-state index in [1.807, 2.05) is 7.05 Å². The van der Waals surface area contributed by atoms with Crippen molar-refractivity contribution >= 4 is 5.84 Å². The highest BCUT2D eigenvalue weighted by Crippen LogP contribution is 2.32. The van der Waals surface area contributed by atoms with Crippen LogP contribution in [0.1, 0.15) is 69.9 Å². The van der Waals surface area contributed by atoms with Crippen molar-refractivity contribution in [3.05, 3.63) is 84.1 Å². The van der Waals surface area contributed by atoms with E-state index < -0.39 is 0 Å². The minimum absolute atomic E-state index is 0.247. The van der Waals surface area contributed by atoms with Crippen LogP contribution in [0.5, 0.6) is 0 Å². The zero-order valence-corrected chi connectivity index (χ0v) is 24.8. The Morgan fingerprint density at radius 3 is 2.54 bits per heavy atom. The molecule has 6 nitrogen and oxygen atoms in total. The molecule has 1 aromatic carbocycles. The quantitative estimate of drug-likeness (QED) is 0.373. The van der Waals surface area contributed by atoms with Gasteiger partial charge in [-0.2, -0.15) is 0 Å². The van der Waals surface area contributed by atoms with Gasteiger partial charge in [-0.1, -0.05) is 56.8 Å². The van der Waals surface area contributed by atoms with Gasteiger partial charge in [-0.3, -0.25) is 0 Å². The summed E-state index contributed by atoms with van der Waals surface area (Å²) in [5, 5.41) is 3.50. The fraction of sp³-hybridized carbons (Fsp3) is 0.545. The molecule has 0 spiro atoms. The van der Waals surface area contributed by atoms with E-state index in [0.717, 1.165) is 56.3 Å². The predicted molar refractivity (Wildman–Crippen MR) is 165 cm³/mol. The summed E-state index contributed by atoms with van der Waals surface area (Å²) in [5.74, 6) is 3.29. The molecule has 0 amide bonds. The maximum Gasteiger partial charge on any atom is 0.136 e. The number of unbranched alkanes of at least 4 members (excludes halogenated alkanes) is 1. The lowest BCUT2D eigenvalue weighted by Crippen LogP contribution is -2.41. The lowest BCUT2D eigenvalue weighted by molar-refractivity contribution is 0.213. The third kappa shape index (κ3) is 7.16. The van der Waals surface area contributed by atoms with E-state index in [1.165, 1.54) is 55.6 Å². The predicted octanol–water partition coefficient (Wildman–Crippen LogP) is 6.12. The highest BCUT2D eigenvalue weighted by molar-refractivity contribution is 5.95. The normalized spacial score (nSPS) is 21.6. The second kappa shape index (κ2) is 13.9. The number of piperidine rings is 1. The molecule has 2 atom stereocenters. The Bertz CT molecular complexity index is 1060. The molecule has 0 saturated carbocycles. The Hall–Kier alpha value is -2.99. The van der Waals surface area contributed by atoms with Crippen LogP contribution < -0.4 is 5.32 Å². The Morgan fingerprint density at radius 2 is 1.85 bits per heavy atom. The molecule has 2 unspecified atom stereocenters. The molecule has 0 bridgehead atoms. The van der Waals surface area contributed by atoms with Crippen molar-refractivity contribution in [3.8, 4) is 0 Å². The molecule has 4 rings (SSSR count). The number of benzene rings is 1. The van der Waals surface area contributed by atoms with Crippen molar-refractivity contribution in [2.24, 2.45) is 4.99 Å². The molecule has 0 radical (unpaired) electrons. The van der Waals surface area contributed by atoms with Gasteiger partial charge < -0.3 is 24.9 Å². The van der Waals surface area contributed by atoms with Gasteiger partial charge in [-0.15, -0.1) is 0 Å². The SMILES string of the molecule is C=C(/C=C1/N=C(N2CCCC2)C=C(N(C)CCCC)N1C)C1CCCCN1C(=C)CC(NC)c1ccccc1. The van der Waals surface area contributed by atoms with Crippen LogP contribution in [0.2, 0.25) is 0 Å². The first-order chi connectivity index (χ1) is 18.9. The average Bonchev–Trinajstić information content (AvgIpc) is 3.51. The highest BCUT2D eigenvalue weighted by Gasteiger charge is 2.29. The number of hydrogen-bond donors (Lipinski definition) is 1. The summed E-state index contributed by atoms with van der Waals surface area (Å²) in [7, 11) is 6.39. The van der Waals surface area contributed by atoms with Gasteiger partial charge in [0.1, 0.15) is 17.5 Å². The molecule has 1 aromatic rings. The van der Waals surface area contributed by atoms with Crippen molar-refractivity contribution in [1.29, 1.82) is 0 Å². The van der Waals surface area contributed by atoms with Crippen LogP contribution in [0.3, 0.4) is 0 Å². The van der Waals surface area contributed by atoms with Gasteiger partial charge >= 0.3 is 0 Å². The maximum atomic E-state index is 5.18. The van der Waals surface area contributed by atoms with Crippen molar-refractivity contribution in [2.75, 3.05) is 47.3 Å². The first kappa shape index (κ1) is 29.0. The number of likely N-dealkylation sites (tertiary alicyclic amines) is 2. The van der Waals surface area contributed by atoms with E-state index in [1.54, 1.807) is 0 Å². The third-order valence-electron chi connectivity index (χ3n) is 8.48. The molecular formula is C33H50N6. The molecule has 3 heterocycles. The van der Waals surface area contributed by atoms with Gasteiger partial charge in [0.25, 0.3) is 0 Å². The topological polar surface area (TPSA) is 37.4 Å². The summed E-state index contributed by atoms with van der Waals surface area (Å²) in [5.41, 5.74) is 3.61. The van der Waals surface area contributed by atoms with E-state index in [2.05, 4.69) is 102 Å². The largest absolute Gasteiger partial charge is 0.368 e. The lowest BCUT2D eigenvalue weighted by Gasteiger charge is -2.41. The fourth-order valence-corrected chi connectivity index (χ4v) is 6.05. The number of rotatable bonds is 11. The summed E-state index contributed by atoms with van der Waals surface area (Å²) in [4.78, 5) is 14.7. The van der Waals surface area contributed by atoms with Crippen molar-refractivity contribution in [2.45, 2.75) is 70.4 Å². The third-order valence-corrected chi connectivity index (χ3v) is 8.48. The molecule has 0 aliphatic carbocycles. The smallest absolute Gasteiger partial charge is 0.136 e. The molecule has 3 aliphatic rings. The van der Waals surface area contributed by atoms with Crippen LogP contribution in [0, 0.1) is 0 Å². The molecular weight excluding hydrogens is 480 g/mol. The molecule has 2 fully saturated rings. The molecule has 2 saturated heterocycles. The van der Waals surface area contributed by atoms with Gasteiger partial charge in [-0.05, 0) is 62.8 Å². The molecule has 212 valence electrons. The Morgan fingerprint density at radius 1 is 1.13 bits per heavy atom. The van der Waals surface area contributed by atoms with Crippen molar-refractivity contribution < 1.29 is 0 Å². The molecule has 3 aliphatic heterocycles. The second-order valence-corrected chi connectivity index (χ2v) is 11.3. The zero-order valence-electron chi connectivity index (χ0n) is 24.8. The van der Waals surface area contributed by atoms with E-state index in [0.29, 0.717) is 0 Å². The van der Waals surface area contributed by atoms with Gasteiger partial charge in [0.2, 0.25) is 0 Å².